The Morgan fingerprint density at radius 2 is 2.46 bits per heavy atom. The van der Waals surface area contributed by atoms with Crippen molar-refractivity contribution in [3.63, 3.8) is 0 Å². The van der Waals surface area contributed by atoms with E-state index in [4.69, 9.17) is 9.84 Å². The van der Waals surface area contributed by atoms with Crippen LogP contribution in [0.3, 0.4) is 0 Å². The summed E-state index contributed by atoms with van der Waals surface area (Å²) in [6.45, 7) is 0. The lowest BCUT2D eigenvalue weighted by Crippen LogP contribution is -1.94. The summed E-state index contributed by atoms with van der Waals surface area (Å²) in [4.78, 5) is 10.2. The first-order valence-corrected chi connectivity index (χ1v) is 3.62. The fraction of sp³-hybridized carbons (Fsp3) is 0.250. The highest BCUT2D eigenvalue weighted by Crippen LogP contribution is 2.11. The summed E-state index contributed by atoms with van der Waals surface area (Å²) < 4.78 is 6.48. The van der Waals surface area contributed by atoms with Gasteiger partial charge >= 0.3 is 5.97 Å². The van der Waals surface area contributed by atoms with Crippen LogP contribution in [0.4, 0.5) is 0 Å². The highest BCUT2D eigenvalue weighted by Gasteiger charge is 2.01. The molecule has 1 heterocycles. The number of carbonyl (C=O) groups is 1. The standard InChI is InChI=1S/C8H10N2O3/c1-10-7(13-2)5-6(9-10)3-4-8(11)12/h3-5H,1-2H3,(H,11,12)/b4-3+. The Labute approximate surface area is 75.2 Å². The number of rotatable bonds is 3. The average Bonchev–Trinajstić information content (AvgIpc) is 2.43. The quantitative estimate of drug-likeness (QED) is 0.692. The van der Waals surface area contributed by atoms with Crippen LogP contribution in [-0.4, -0.2) is 28.0 Å². The molecule has 0 radical (unpaired) electrons. The number of methoxy groups -OCH3 is 1. The summed E-state index contributed by atoms with van der Waals surface area (Å²) in [5, 5.41) is 12.4. The summed E-state index contributed by atoms with van der Waals surface area (Å²) in [6.07, 6.45) is 2.44. The molecule has 0 unspecified atom stereocenters. The van der Waals surface area contributed by atoms with Gasteiger partial charge in [0.1, 0.15) is 0 Å². The van der Waals surface area contributed by atoms with Gasteiger partial charge in [0.05, 0.1) is 12.8 Å². The van der Waals surface area contributed by atoms with Crippen molar-refractivity contribution in [3.05, 3.63) is 17.8 Å². The zero-order valence-electron chi connectivity index (χ0n) is 7.39. The molecule has 0 aliphatic heterocycles. The maximum absolute atomic E-state index is 10.2. The van der Waals surface area contributed by atoms with Crippen LogP contribution in [0, 0.1) is 0 Å². The van der Waals surface area contributed by atoms with E-state index in [2.05, 4.69) is 5.10 Å². The van der Waals surface area contributed by atoms with E-state index in [1.807, 2.05) is 0 Å². The Balaban J connectivity index is 2.85. The highest BCUT2D eigenvalue weighted by atomic mass is 16.5. The van der Waals surface area contributed by atoms with Crippen LogP contribution in [0.2, 0.25) is 0 Å². The van der Waals surface area contributed by atoms with Gasteiger partial charge in [-0.15, -0.1) is 0 Å². The van der Waals surface area contributed by atoms with Crippen molar-refractivity contribution in [2.75, 3.05) is 7.11 Å². The van der Waals surface area contributed by atoms with E-state index >= 15 is 0 Å². The third kappa shape index (κ3) is 2.33. The van der Waals surface area contributed by atoms with Crippen molar-refractivity contribution >= 4 is 12.0 Å². The van der Waals surface area contributed by atoms with Crippen LogP contribution >= 0.6 is 0 Å². The molecule has 13 heavy (non-hydrogen) atoms. The Hall–Kier alpha value is -1.78. The van der Waals surface area contributed by atoms with Crippen LogP contribution in [0.15, 0.2) is 12.1 Å². The number of carboxylic acid groups (broad SMARTS) is 1. The predicted octanol–water partition coefficient (Wildman–Crippen LogP) is 0.526. The molecule has 0 aliphatic carbocycles. The topological polar surface area (TPSA) is 64.3 Å². The molecule has 1 aromatic heterocycles. The molecule has 0 aromatic carbocycles. The molecule has 5 heteroatoms. The maximum atomic E-state index is 10.2. The third-order valence-corrected chi connectivity index (χ3v) is 1.46. The molecular formula is C8H10N2O3. The van der Waals surface area contributed by atoms with Gasteiger partial charge in [0.2, 0.25) is 5.88 Å². The number of carboxylic acids is 1. The van der Waals surface area contributed by atoms with E-state index in [0.29, 0.717) is 11.6 Å². The molecule has 0 atom stereocenters. The summed E-state index contributed by atoms with van der Waals surface area (Å²) in [5.41, 5.74) is 0.557. The minimum atomic E-state index is -0.996. The zero-order valence-corrected chi connectivity index (χ0v) is 7.39. The smallest absolute Gasteiger partial charge is 0.328 e. The molecule has 0 aliphatic rings. The SMILES string of the molecule is COc1cc(/C=C/C(=O)O)nn1C. The highest BCUT2D eigenvalue weighted by molar-refractivity contribution is 5.84. The van der Waals surface area contributed by atoms with Crippen molar-refractivity contribution in [1.29, 1.82) is 0 Å². The molecule has 1 N–H and O–H groups in total. The number of aromatic nitrogens is 2. The maximum Gasteiger partial charge on any atom is 0.328 e. The summed E-state index contributed by atoms with van der Waals surface area (Å²) >= 11 is 0. The second kappa shape index (κ2) is 3.75. The first-order chi connectivity index (χ1) is 6.13. The Kier molecular flexibility index (Phi) is 2.69. The minimum Gasteiger partial charge on any atom is -0.481 e. The molecule has 0 bridgehead atoms. The summed E-state index contributed by atoms with van der Waals surface area (Å²) in [5.74, 6) is -0.408. The Morgan fingerprint density at radius 1 is 1.77 bits per heavy atom. The number of nitrogens with zero attached hydrogens (tertiary/aromatic N) is 2. The minimum absolute atomic E-state index is 0.557. The molecule has 1 aromatic rings. The van der Waals surface area contributed by atoms with Crippen molar-refractivity contribution in [3.8, 4) is 5.88 Å². The number of ether oxygens (including phenoxy) is 1. The van der Waals surface area contributed by atoms with E-state index in [1.165, 1.54) is 17.9 Å². The number of hydrogen-bond acceptors (Lipinski definition) is 3. The third-order valence-electron chi connectivity index (χ3n) is 1.46. The van der Waals surface area contributed by atoms with E-state index in [-0.39, 0.29) is 0 Å². The van der Waals surface area contributed by atoms with Crippen LogP contribution < -0.4 is 4.74 Å². The van der Waals surface area contributed by atoms with E-state index in [9.17, 15) is 4.79 Å². The Bertz CT molecular complexity index is 341. The van der Waals surface area contributed by atoms with Gasteiger partial charge in [0, 0.05) is 19.2 Å². The van der Waals surface area contributed by atoms with E-state index < -0.39 is 5.97 Å². The van der Waals surface area contributed by atoms with Crippen LogP contribution in [0.5, 0.6) is 5.88 Å². The van der Waals surface area contributed by atoms with E-state index in [0.717, 1.165) is 6.08 Å². The fourth-order valence-electron chi connectivity index (χ4n) is 0.900. The lowest BCUT2D eigenvalue weighted by molar-refractivity contribution is -0.131. The van der Waals surface area contributed by atoms with Gasteiger partial charge in [-0.1, -0.05) is 0 Å². The predicted molar refractivity (Wildman–Crippen MR) is 46.4 cm³/mol. The largest absolute Gasteiger partial charge is 0.481 e. The van der Waals surface area contributed by atoms with Gasteiger partial charge in [-0.25, -0.2) is 9.48 Å². The lowest BCUT2D eigenvalue weighted by atomic mass is 10.4. The molecule has 70 valence electrons. The van der Waals surface area contributed by atoms with Gasteiger partial charge < -0.3 is 9.84 Å². The van der Waals surface area contributed by atoms with Crippen molar-refractivity contribution in [2.24, 2.45) is 7.05 Å². The molecule has 0 amide bonds. The van der Waals surface area contributed by atoms with Crippen molar-refractivity contribution < 1.29 is 14.6 Å². The second-order valence-corrected chi connectivity index (χ2v) is 2.41. The van der Waals surface area contributed by atoms with Crippen molar-refractivity contribution in [2.45, 2.75) is 0 Å². The molecule has 0 saturated carbocycles. The monoisotopic (exact) mass is 182 g/mol. The summed E-state index contributed by atoms with van der Waals surface area (Å²) in [7, 11) is 3.25. The van der Waals surface area contributed by atoms with Crippen LogP contribution in [0.25, 0.3) is 6.08 Å². The molecular weight excluding hydrogens is 172 g/mol. The number of aliphatic carboxylic acids is 1. The van der Waals surface area contributed by atoms with Crippen molar-refractivity contribution in [1.82, 2.24) is 9.78 Å². The summed E-state index contributed by atoms with van der Waals surface area (Å²) in [6, 6.07) is 1.65. The molecule has 0 fully saturated rings. The number of aryl methyl sites for hydroxylation is 1. The van der Waals surface area contributed by atoms with Gasteiger partial charge in [0.15, 0.2) is 0 Å². The molecule has 0 spiro atoms. The van der Waals surface area contributed by atoms with Gasteiger partial charge in [0.25, 0.3) is 0 Å². The molecule has 5 nitrogen and oxygen atoms in total. The average molecular weight is 182 g/mol. The first-order valence-electron chi connectivity index (χ1n) is 3.62. The number of hydrogen-bond donors (Lipinski definition) is 1. The Morgan fingerprint density at radius 3 is 2.92 bits per heavy atom. The van der Waals surface area contributed by atoms with Gasteiger partial charge in [-0.05, 0) is 6.08 Å². The van der Waals surface area contributed by atoms with Crippen LogP contribution in [-0.2, 0) is 11.8 Å². The van der Waals surface area contributed by atoms with E-state index in [1.54, 1.807) is 13.1 Å². The first kappa shape index (κ1) is 9.31. The lowest BCUT2D eigenvalue weighted by Gasteiger charge is -1.95. The van der Waals surface area contributed by atoms with Gasteiger partial charge in [-0.3, -0.25) is 0 Å². The van der Waals surface area contributed by atoms with Crippen LogP contribution in [0.1, 0.15) is 5.69 Å². The second-order valence-electron chi connectivity index (χ2n) is 2.41. The normalized spacial score (nSPS) is 10.6. The molecule has 0 saturated heterocycles. The fourth-order valence-corrected chi connectivity index (χ4v) is 0.900. The van der Waals surface area contributed by atoms with Gasteiger partial charge in [-0.2, -0.15) is 5.10 Å². The zero-order chi connectivity index (χ0) is 9.84. The molecule has 1 rings (SSSR count).